The quantitative estimate of drug-likeness (QED) is 0.433. The van der Waals surface area contributed by atoms with Crippen LogP contribution in [0.4, 0.5) is 11.4 Å². The van der Waals surface area contributed by atoms with Crippen LogP contribution in [0.2, 0.25) is 0 Å². The predicted molar refractivity (Wildman–Crippen MR) is 98.7 cm³/mol. The van der Waals surface area contributed by atoms with Gasteiger partial charge in [-0.1, -0.05) is 24.3 Å². The van der Waals surface area contributed by atoms with Crippen LogP contribution in [-0.4, -0.2) is 30.0 Å². The summed E-state index contributed by atoms with van der Waals surface area (Å²) >= 11 is 0. The second kappa shape index (κ2) is 9.33. The van der Waals surface area contributed by atoms with E-state index in [-0.39, 0.29) is 24.4 Å². The lowest BCUT2D eigenvalue weighted by atomic mass is 10.2. The van der Waals surface area contributed by atoms with Crippen LogP contribution in [0.3, 0.4) is 0 Å². The number of amides is 1. The Bertz CT molecular complexity index is 850. The van der Waals surface area contributed by atoms with E-state index in [0.717, 1.165) is 5.56 Å². The number of ether oxygens (including phenoxy) is 2. The second-order valence-corrected chi connectivity index (χ2v) is 5.85. The first-order valence-corrected chi connectivity index (χ1v) is 8.26. The first kappa shape index (κ1) is 19.9. The maximum atomic E-state index is 11.9. The molecule has 0 unspecified atom stereocenters. The predicted octanol–water partition coefficient (Wildman–Crippen LogP) is 3.16. The largest absolute Gasteiger partial charge is 0.493 e. The van der Waals surface area contributed by atoms with Crippen molar-refractivity contribution in [2.75, 3.05) is 18.5 Å². The first-order valence-electron chi connectivity index (χ1n) is 8.26. The smallest absolute Gasteiger partial charge is 0.309 e. The maximum absolute atomic E-state index is 11.9. The molecule has 8 heteroatoms. The Morgan fingerprint density at radius 1 is 1.15 bits per heavy atom. The van der Waals surface area contributed by atoms with Crippen LogP contribution in [0.5, 0.6) is 5.75 Å². The third kappa shape index (κ3) is 6.10. The highest BCUT2D eigenvalue weighted by atomic mass is 16.6. The van der Waals surface area contributed by atoms with Crippen molar-refractivity contribution in [3.63, 3.8) is 0 Å². The Kier molecular flexibility index (Phi) is 6.87. The fourth-order valence-electron chi connectivity index (χ4n) is 2.27. The third-order valence-corrected chi connectivity index (χ3v) is 3.65. The Morgan fingerprint density at radius 2 is 1.89 bits per heavy atom. The van der Waals surface area contributed by atoms with Gasteiger partial charge in [0.05, 0.1) is 18.0 Å². The average Bonchev–Trinajstić information content (AvgIpc) is 2.63. The standard InChI is InChI=1S/C19H20N2O6/c1-13-7-8-15(16(11-13)21(24)25)20-18(22)12-27-19(23)9-10-26-17-6-4-3-5-14(17)2/h3-8,11H,9-10,12H2,1-2H3,(H,20,22). The molecule has 0 spiro atoms. The Hall–Kier alpha value is -3.42. The summed E-state index contributed by atoms with van der Waals surface area (Å²) in [6, 6.07) is 11.8. The van der Waals surface area contributed by atoms with Crippen LogP contribution in [0.25, 0.3) is 0 Å². The van der Waals surface area contributed by atoms with E-state index in [0.29, 0.717) is 11.3 Å². The van der Waals surface area contributed by atoms with Crippen LogP contribution < -0.4 is 10.1 Å². The lowest BCUT2D eigenvalue weighted by molar-refractivity contribution is -0.384. The van der Waals surface area contributed by atoms with Gasteiger partial charge >= 0.3 is 5.97 Å². The number of benzene rings is 2. The van der Waals surface area contributed by atoms with Crippen LogP contribution in [0.15, 0.2) is 42.5 Å². The van der Waals surface area contributed by atoms with Crippen LogP contribution in [0, 0.1) is 24.0 Å². The SMILES string of the molecule is Cc1ccc(NC(=O)COC(=O)CCOc2ccccc2C)c([N+](=O)[O-])c1. The number of esters is 1. The average molecular weight is 372 g/mol. The van der Waals surface area contributed by atoms with Gasteiger partial charge in [-0.05, 0) is 37.1 Å². The van der Waals surface area contributed by atoms with E-state index in [1.54, 1.807) is 19.1 Å². The summed E-state index contributed by atoms with van der Waals surface area (Å²) in [4.78, 5) is 34.0. The fraction of sp³-hybridized carbons (Fsp3) is 0.263. The fourth-order valence-corrected chi connectivity index (χ4v) is 2.27. The molecule has 0 saturated carbocycles. The van der Waals surface area contributed by atoms with Crippen molar-refractivity contribution < 1.29 is 24.0 Å². The number of para-hydroxylation sites is 1. The number of rotatable bonds is 8. The number of hydrogen-bond acceptors (Lipinski definition) is 6. The molecule has 0 aliphatic heterocycles. The van der Waals surface area contributed by atoms with Gasteiger partial charge in [0.2, 0.25) is 0 Å². The van der Waals surface area contributed by atoms with Crippen molar-refractivity contribution in [3.8, 4) is 5.75 Å². The number of nitrogens with one attached hydrogen (secondary N) is 1. The number of aryl methyl sites for hydroxylation is 2. The van der Waals surface area contributed by atoms with E-state index in [9.17, 15) is 19.7 Å². The molecule has 0 aliphatic carbocycles. The molecule has 0 fully saturated rings. The van der Waals surface area contributed by atoms with Crippen LogP contribution in [-0.2, 0) is 14.3 Å². The summed E-state index contributed by atoms with van der Waals surface area (Å²) < 4.78 is 10.4. The Labute approximate surface area is 156 Å². The van der Waals surface area contributed by atoms with Gasteiger partial charge in [0.1, 0.15) is 11.4 Å². The van der Waals surface area contributed by atoms with Gasteiger partial charge in [0, 0.05) is 6.07 Å². The number of nitro groups is 1. The van der Waals surface area contributed by atoms with E-state index in [1.807, 2.05) is 25.1 Å². The summed E-state index contributed by atoms with van der Waals surface area (Å²) in [7, 11) is 0. The molecule has 0 saturated heterocycles. The topological polar surface area (TPSA) is 108 Å². The molecule has 0 radical (unpaired) electrons. The molecule has 27 heavy (non-hydrogen) atoms. The van der Waals surface area contributed by atoms with Gasteiger partial charge in [-0.25, -0.2) is 0 Å². The van der Waals surface area contributed by atoms with Crippen molar-refractivity contribution >= 4 is 23.3 Å². The lowest BCUT2D eigenvalue weighted by Crippen LogP contribution is -2.22. The molecule has 1 N–H and O–H groups in total. The number of carbonyl (C=O) groups excluding carboxylic acids is 2. The minimum absolute atomic E-state index is 0.0215. The minimum atomic E-state index is -0.657. The van der Waals surface area contributed by atoms with Gasteiger partial charge in [0.15, 0.2) is 6.61 Å². The summed E-state index contributed by atoms with van der Waals surface area (Å²) in [5, 5.41) is 13.4. The number of nitrogens with zero attached hydrogens (tertiary/aromatic N) is 1. The van der Waals surface area contributed by atoms with E-state index in [2.05, 4.69) is 5.32 Å². The minimum Gasteiger partial charge on any atom is -0.493 e. The zero-order valence-corrected chi connectivity index (χ0v) is 15.1. The highest BCUT2D eigenvalue weighted by Gasteiger charge is 2.17. The zero-order valence-electron chi connectivity index (χ0n) is 15.1. The maximum Gasteiger partial charge on any atom is 0.309 e. The van der Waals surface area contributed by atoms with E-state index in [1.165, 1.54) is 12.1 Å². The Morgan fingerprint density at radius 3 is 2.59 bits per heavy atom. The molecule has 8 nitrogen and oxygen atoms in total. The summed E-state index contributed by atoms with van der Waals surface area (Å²) in [5.74, 6) is -0.581. The van der Waals surface area contributed by atoms with Crippen molar-refractivity contribution in [2.45, 2.75) is 20.3 Å². The Balaban J connectivity index is 1.78. The number of hydrogen-bond donors (Lipinski definition) is 1. The molecule has 0 aromatic heterocycles. The first-order chi connectivity index (χ1) is 12.9. The molecular weight excluding hydrogens is 352 g/mol. The van der Waals surface area contributed by atoms with Gasteiger partial charge < -0.3 is 14.8 Å². The molecule has 0 aliphatic rings. The lowest BCUT2D eigenvalue weighted by Gasteiger charge is -2.09. The van der Waals surface area contributed by atoms with Crippen molar-refractivity contribution in [3.05, 3.63) is 63.7 Å². The number of anilines is 1. The van der Waals surface area contributed by atoms with Crippen LogP contribution >= 0.6 is 0 Å². The third-order valence-electron chi connectivity index (χ3n) is 3.65. The molecular formula is C19H20N2O6. The molecule has 142 valence electrons. The van der Waals surface area contributed by atoms with Gasteiger partial charge in [-0.15, -0.1) is 0 Å². The van der Waals surface area contributed by atoms with Gasteiger partial charge in [0.25, 0.3) is 11.6 Å². The summed E-state index contributed by atoms with van der Waals surface area (Å²) in [6.07, 6.45) is -0.0215. The van der Waals surface area contributed by atoms with Crippen molar-refractivity contribution in [1.29, 1.82) is 0 Å². The van der Waals surface area contributed by atoms with E-state index >= 15 is 0 Å². The number of nitro benzene ring substituents is 1. The van der Waals surface area contributed by atoms with E-state index in [4.69, 9.17) is 9.47 Å². The highest BCUT2D eigenvalue weighted by molar-refractivity contribution is 5.94. The normalized spacial score (nSPS) is 10.1. The van der Waals surface area contributed by atoms with Crippen molar-refractivity contribution in [1.82, 2.24) is 0 Å². The second-order valence-electron chi connectivity index (χ2n) is 5.85. The molecule has 2 aromatic rings. The van der Waals surface area contributed by atoms with Gasteiger partial charge in [-0.2, -0.15) is 0 Å². The monoisotopic (exact) mass is 372 g/mol. The molecule has 0 atom stereocenters. The molecule has 1 amide bonds. The van der Waals surface area contributed by atoms with Crippen LogP contribution in [0.1, 0.15) is 17.5 Å². The summed E-state index contributed by atoms with van der Waals surface area (Å²) in [5.41, 5.74) is 1.47. The van der Waals surface area contributed by atoms with Crippen molar-refractivity contribution in [2.24, 2.45) is 0 Å². The highest BCUT2D eigenvalue weighted by Crippen LogP contribution is 2.25. The molecule has 2 aromatic carbocycles. The molecule has 0 heterocycles. The van der Waals surface area contributed by atoms with E-state index < -0.39 is 23.4 Å². The zero-order chi connectivity index (χ0) is 19.8. The molecule has 2 rings (SSSR count). The number of carbonyl (C=O) groups is 2. The molecule has 0 bridgehead atoms. The summed E-state index contributed by atoms with van der Waals surface area (Å²) in [6.45, 7) is 3.19. The van der Waals surface area contributed by atoms with Gasteiger partial charge in [-0.3, -0.25) is 19.7 Å².